The van der Waals surface area contributed by atoms with Crippen molar-refractivity contribution in [3.8, 4) is 0 Å². The van der Waals surface area contributed by atoms with Gasteiger partial charge in [0, 0.05) is 29.8 Å². The Balaban J connectivity index is 1.77. The maximum absolute atomic E-state index is 13.9. The first-order chi connectivity index (χ1) is 14.9. The van der Waals surface area contributed by atoms with Crippen molar-refractivity contribution in [1.29, 1.82) is 0 Å². The van der Waals surface area contributed by atoms with E-state index in [2.05, 4.69) is 10.3 Å². The van der Waals surface area contributed by atoms with Crippen LogP contribution >= 0.6 is 0 Å². The van der Waals surface area contributed by atoms with Gasteiger partial charge in [-0.05, 0) is 42.9 Å². The number of nitrogen functional groups attached to an aromatic ring is 1. The van der Waals surface area contributed by atoms with E-state index in [0.717, 1.165) is 49.3 Å². The molecular formula is C22H22F2N4O3. The fourth-order valence-electron chi connectivity index (χ4n) is 4.08. The largest absolute Gasteiger partial charge is 0.423 e. The van der Waals surface area contributed by atoms with E-state index in [9.17, 15) is 23.6 Å². The average Bonchev–Trinajstić information content (AvgIpc) is 2.71. The molecule has 0 bridgehead atoms. The number of nitrogens with zero attached hydrogens (tertiary/aromatic N) is 2. The molecule has 0 saturated carbocycles. The number of carbonyl (C=O) groups excluding carboxylic acids is 1. The number of pyridine rings is 2. The molecule has 0 unspecified atom stereocenters. The second-order valence-electron chi connectivity index (χ2n) is 7.70. The summed E-state index contributed by atoms with van der Waals surface area (Å²) in [5.41, 5.74) is 6.67. The van der Waals surface area contributed by atoms with E-state index in [0.29, 0.717) is 22.6 Å². The molecule has 0 spiro atoms. The molecule has 1 aromatic carbocycles. The van der Waals surface area contributed by atoms with Crippen molar-refractivity contribution < 1.29 is 18.8 Å². The molecule has 0 atom stereocenters. The van der Waals surface area contributed by atoms with Gasteiger partial charge in [0.05, 0.1) is 5.69 Å². The van der Waals surface area contributed by atoms with Crippen LogP contribution in [0.3, 0.4) is 0 Å². The summed E-state index contributed by atoms with van der Waals surface area (Å²) in [5, 5.41) is 13.2. The lowest BCUT2D eigenvalue weighted by atomic mass is 9.91. The standard InChI is InChI=1S/C22H22F2N4O3/c23-14-8-7-13(16(24)9-14)11-27-21(29)18-19(25)17-15-6-4-2-1-3-5-12(15)10-26-20(17)28(31)22(18)30/h7-10,31H,1-6,11,25H2,(H,27,29). The lowest BCUT2D eigenvalue weighted by molar-refractivity contribution is 0.0944. The normalized spacial score (nSPS) is 14.0. The number of aryl methyl sites for hydroxylation is 2. The van der Waals surface area contributed by atoms with E-state index in [-0.39, 0.29) is 23.4 Å². The highest BCUT2D eigenvalue weighted by Gasteiger charge is 2.25. The van der Waals surface area contributed by atoms with Crippen LogP contribution in [0.1, 0.15) is 52.7 Å². The number of aromatic nitrogens is 2. The van der Waals surface area contributed by atoms with Gasteiger partial charge in [-0.2, -0.15) is 0 Å². The number of halogens is 2. The van der Waals surface area contributed by atoms with Gasteiger partial charge < -0.3 is 16.3 Å². The number of carbonyl (C=O) groups is 1. The van der Waals surface area contributed by atoms with Gasteiger partial charge in [-0.1, -0.05) is 18.9 Å². The second kappa shape index (κ2) is 8.33. The molecule has 1 amide bonds. The van der Waals surface area contributed by atoms with Gasteiger partial charge in [0.25, 0.3) is 11.5 Å². The molecule has 0 saturated heterocycles. The van der Waals surface area contributed by atoms with Gasteiger partial charge in [0.1, 0.15) is 17.2 Å². The summed E-state index contributed by atoms with van der Waals surface area (Å²) >= 11 is 0. The summed E-state index contributed by atoms with van der Waals surface area (Å²) in [4.78, 5) is 29.7. The minimum atomic E-state index is -1.01. The fraction of sp³-hybridized carbons (Fsp3) is 0.318. The molecular weight excluding hydrogens is 406 g/mol. The van der Waals surface area contributed by atoms with Gasteiger partial charge in [0.15, 0.2) is 5.65 Å². The summed E-state index contributed by atoms with van der Waals surface area (Å²) < 4.78 is 27.3. The number of nitrogens with two attached hydrogens (primary N) is 1. The highest BCUT2D eigenvalue weighted by atomic mass is 19.1. The zero-order valence-corrected chi connectivity index (χ0v) is 16.8. The lowest BCUT2D eigenvalue weighted by Crippen LogP contribution is -2.34. The van der Waals surface area contributed by atoms with Crippen molar-refractivity contribution in [2.75, 3.05) is 5.73 Å². The van der Waals surface area contributed by atoms with Crippen LogP contribution in [0.4, 0.5) is 14.5 Å². The molecule has 0 fully saturated rings. The van der Waals surface area contributed by atoms with Gasteiger partial charge in [0.2, 0.25) is 0 Å². The number of anilines is 1. The Morgan fingerprint density at radius 2 is 1.94 bits per heavy atom. The summed E-state index contributed by atoms with van der Waals surface area (Å²) in [6, 6.07) is 2.97. The number of nitrogens with one attached hydrogen (secondary N) is 1. The summed E-state index contributed by atoms with van der Waals surface area (Å²) in [6.45, 7) is -0.279. The number of benzene rings is 1. The molecule has 31 heavy (non-hydrogen) atoms. The monoisotopic (exact) mass is 428 g/mol. The van der Waals surface area contributed by atoms with E-state index in [4.69, 9.17) is 5.73 Å². The number of hydrogen-bond donors (Lipinski definition) is 3. The molecule has 3 aromatic rings. The van der Waals surface area contributed by atoms with Crippen LogP contribution in [0.15, 0.2) is 29.2 Å². The van der Waals surface area contributed by atoms with Gasteiger partial charge in [-0.25, -0.2) is 13.8 Å². The van der Waals surface area contributed by atoms with Crippen molar-refractivity contribution in [3.05, 3.63) is 68.6 Å². The molecule has 162 valence electrons. The van der Waals surface area contributed by atoms with Crippen molar-refractivity contribution in [2.24, 2.45) is 0 Å². The summed E-state index contributed by atoms with van der Waals surface area (Å²) in [5.74, 6) is -2.42. The van der Waals surface area contributed by atoms with Gasteiger partial charge in [-0.3, -0.25) is 9.59 Å². The molecule has 0 radical (unpaired) electrons. The summed E-state index contributed by atoms with van der Waals surface area (Å²) in [6.07, 6.45) is 7.22. The second-order valence-corrected chi connectivity index (χ2v) is 7.70. The Morgan fingerprint density at radius 3 is 2.68 bits per heavy atom. The van der Waals surface area contributed by atoms with Crippen molar-refractivity contribution in [1.82, 2.24) is 15.0 Å². The topological polar surface area (TPSA) is 110 Å². The minimum Gasteiger partial charge on any atom is -0.423 e. The van der Waals surface area contributed by atoms with Crippen LogP contribution in [0, 0.1) is 11.6 Å². The van der Waals surface area contributed by atoms with Crippen LogP contribution in [0.25, 0.3) is 11.0 Å². The Bertz CT molecular complexity index is 1240. The van der Waals surface area contributed by atoms with E-state index in [1.165, 1.54) is 6.07 Å². The molecule has 1 aliphatic carbocycles. The van der Waals surface area contributed by atoms with Gasteiger partial charge in [-0.15, -0.1) is 4.73 Å². The van der Waals surface area contributed by atoms with Crippen LogP contribution in [-0.2, 0) is 19.4 Å². The SMILES string of the molecule is Nc1c(C(=O)NCc2ccc(F)cc2F)c(=O)n(O)c2ncc3c(c12)CCCCCC3. The predicted octanol–water partition coefficient (Wildman–Crippen LogP) is 3.08. The summed E-state index contributed by atoms with van der Waals surface area (Å²) in [7, 11) is 0. The van der Waals surface area contributed by atoms with Crippen molar-refractivity contribution in [3.63, 3.8) is 0 Å². The van der Waals surface area contributed by atoms with E-state index in [1.807, 2.05) is 0 Å². The van der Waals surface area contributed by atoms with Crippen LogP contribution in [0.5, 0.6) is 0 Å². The van der Waals surface area contributed by atoms with E-state index < -0.39 is 28.7 Å². The van der Waals surface area contributed by atoms with E-state index >= 15 is 0 Å². The molecule has 4 rings (SSSR count). The Labute approximate surface area is 176 Å². The third-order valence-electron chi connectivity index (χ3n) is 5.71. The maximum Gasteiger partial charge on any atom is 0.299 e. The Morgan fingerprint density at radius 1 is 1.19 bits per heavy atom. The fourth-order valence-corrected chi connectivity index (χ4v) is 4.08. The highest BCUT2D eigenvalue weighted by Crippen LogP contribution is 2.30. The number of hydrogen-bond acceptors (Lipinski definition) is 5. The van der Waals surface area contributed by atoms with Crippen LogP contribution in [0.2, 0.25) is 0 Å². The third kappa shape index (κ3) is 3.83. The van der Waals surface area contributed by atoms with Crippen LogP contribution < -0.4 is 16.6 Å². The minimum absolute atomic E-state index is 0.00273. The van der Waals surface area contributed by atoms with Crippen molar-refractivity contribution >= 4 is 22.6 Å². The Hall–Kier alpha value is -3.49. The number of fused-ring (bicyclic) bond motifs is 3. The molecule has 7 nitrogen and oxygen atoms in total. The first-order valence-corrected chi connectivity index (χ1v) is 10.1. The zero-order valence-electron chi connectivity index (χ0n) is 16.8. The molecule has 2 aromatic heterocycles. The average molecular weight is 428 g/mol. The van der Waals surface area contributed by atoms with Crippen LogP contribution in [-0.4, -0.2) is 20.8 Å². The van der Waals surface area contributed by atoms with Crippen molar-refractivity contribution in [2.45, 2.75) is 45.1 Å². The quantitative estimate of drug-likeness (QED) is 0.556. The smallest absolute Gasteiger partial charge is 0.299 e. The maximum atomic E-state index is 13.9. The molecule has 4 N–H and O–H groups in total. The first kappa shape index (κ1) is 20.8. The number of amides is 1. The predicted molar refractivity (Wildman–Crippen MR) is 111 cm³/mol. The Kier molecular flexibility index (Phi) is 5.58. The molecule has 9 heteroatoms. The van der Waals surface area contributed by atoms with Gasteiger partial charge >= 0.3 is 0 Å². The van der Waals surface area contributed by atoms with E-state index in [1.54, 1.807) is 6.20 Å². The molecule has 0 aliphatic heterocycles. The number of rotatable bonds is 3. The first-order valence-electron chi connectivity index (χ1n) is 10.1. The zero-order chi connectivity index (χ0) is 22.1. The molecule has 2 heterocycles. The lowest BCUT2D eigenvalue weighted by Gasteiger charge is -2.19. The third-order valence-corrected chi connectivity index (χ3v) is 5.71. The highest BCUT2D eigenvalue weighted by molar-refractivity contribution is 6.06. The molecule has 1 aliphatic rings.